The molecule has 0 spiro atoms. The van der Waals surface area contributed by atoms with Crippen LogP contribution in [-0.2, 0) is 6.54 Å². The van der Waals surface area contributed by atoms with Crippen LogP contribution < -0.4 is 10.6 Å². The van der Waals surface area contributed by atoms with Crippen LogP contribution in [-0.4, -0.2) is 29.1 Å². The monoisotopic (exact) mass is 375 g/mol. The number of aryl methyl sites for hydroxylation is 1. The number of amides is 1. The van der Waals surface area contributed by atoms with Crippen molar-refractivity contribution < 1.29 is 9.90 Å². The number of pyridine rings is 1. The minimum absolute atomic E-state index is 0.0916. The van der Waals surface area contributed by atoms with Crippen molar-refractivity contribution in [3.8, 4) is 11.1 Å². The molecule has 0 saturated heterocycles. The third-order valence-corrected chi connectivity index (χ3v) is 4.72. The zero-order chi connectivity index (χ0) is 19.9. The van der Waals surface area contributed by atoms with Crippen molar-refractivity contribution in [3.05, 3.63) is 83.2 Å². The predicted molar refractivity (Wildman–Crippen MR) is 112 cm³/mol. The van der Waals surface area contributed by atoms with Crippen LogP contribution in [0.5, 0.6) is 0 Å². The number of anilines is 1. The molecule has 2 aromatic carbocycles. The predicted octanol–water partition coefficient (Wildman–Crippen LogP) is 3.70. The molecule has 1 heterocycles. The molecule has 28 heavy (non-hydrogen) atoms. The van der Waals surface area contributed by atoms with Crippen LogP contribution in [0.15, 0.2) is 60.8 Å². The molecule has 1 aromatic heterocycles. The van der Waals surface area contributed by atoms with Crippen LogP contribution in [0.25, 0.3) is 11.1 Å². The zero-order valence-corrected chi connectivity index (χ0v) is 16.2. The molecule has 1 amide bonds. The van der Waals surface area contributed by atoms with Crippen molar-refractivity contribution in [1.29, 1.82) is 0 Å². The Morgan fingerprint density at radius 2 is 1.86 bits per heavy atom. The van der Waals surface area contributed by atoms with E-state index in [2.05, 4.69) is 33.8 Å². The average Bonchev–Trinajstić information content (AvgIpc) is 2.71. The number of carbonyl (C=O) groups excluding carboxylic acids is 1. The maximum atomic E-state index is 12.7. The number of aliphatic hydroxyl groups excluding tert-OH is 1. The third-order valence-electron chi connectivity index (χ3n) is 4.72. The summed E-state index contributed by atoms with van der Waals surface area (Å²) < 4.78 is 0. The van der Waals surface area contributed by atoms with Gasteiger partial charge in [0.2, 0.25) is 0 Å². The highest BCUT2D eigenvalue weighted by Crippen LogP contribution is 2.28. The second kappa shape index (κ2) is 9.26. The molecule has 5 heteroatoms. The second-order valence-corrected chi connectivity index (χ2v) is 6.69. The molecule has 0 radical (unpaired) electrons. The van der Waals surface area contributed by atoms with Crippen LogP contribution in [0.4, 0.5) is 5.69 Å². The number of aromatic nitrogens is 1. The van der Waals surface area contributed by atoms with Crippen LogP contribution in [0.3, 0.4) is 0 Å². The van der Waals surface area contributed by atoms with Gasteiger partial charge in [0.05, 0.1) is 6.61 Å². The van der Waals surface area contributed by atoms with Gasteiger partial charge in [-0.05, 0) is 53.8 Å². The SMILES string of the molecule is Cc1cc(C(=O)Nc2cccc(-c3ccccc3)c2C)ncc1CNCCO. The number of hydrogen-bond acceptors (Lipinski definition) is 4. The van der Waals surface area contributed by atoms with E-state index in [1.165, 1.54) is 0 Å². The number of rotatable bonds is 7. The molecular weight excluding hydrogens is 350 g/mol. The van der Waals surface area contributed by atoms with E-state index < -0.39 is 0 Å². The normalized spacial score (nSPS) is 10.7. The maximum absolute atomic E-state index is 12.7. The minimum atomic E-state index is -0.230. The lowest BCUT2D eigenvalue weighted by molar-refractivity contribution is 0.102. The molecule has 3 N–H and O–H groups in total. The van der Waals surface area contributed by atoms with Gasteiger partial charge >= 0.3 is 0 Å². The molecule has 0 saturated carbocycles. The largest absolute Gasteiger partial charge is 0.395 e. The van der Waals surface area contributed by atoms with Gasteiger partial charge in [0.15, 0.2) is 0 Å². The molecule has 0 atom stereocenters. The Balaban J connectivity index is 1.77. The van der Waals surface area contributed by atoms with Gasteiger partial charge in [-0.1, -0.05) is 42.5 Å². The van der Waals surface area contributed by atoms with Crippen molar-refractivity contribution in [2.45, 2.75) is 20.4 Å². The summed E-state index contributed by atoms with van der Waals surface area (Å²) in [6, 6.07) is 17.8. The van der Waals surface area contributed by atoms with Crippen LogP contribution >= 0.6 is 0 Å². The molecule has 0 fully saturated rings. The van der Waals surface area contributed by atoms with E-state index in [1.807, 2.05) is 44.2 Å². The summed E-state index contributed by atoms with van der Waals surface area (Å²) in [5.41, 5.74) is 6.38. The van der Waals surface area contributed by atoms with Gasteiger partial charge in [0.25, 0.3) is 5.91 Å². The second-order valence-electron chi connectivity index (χ2n) is 6.69. The first-order chi connectivity index (χ1) is 13.6. The average molecular weight is 375 g/mol. The molecule has 0 bridgehead atoms. The molecule has 5 nitrogen and oxygen atoms in total. The van der Waals surface area contributed by atoms with Crippen molar-refractivity contribution >= 4 is 11.6 Å². The molecule has 3 rings (SSSR count). The van der Waals surface area contributed by atoms with Crippen molar-refractivity contribution in [2.75, 3.05) is 18.5 Å². The third kappa shape index (κ3) is 4.63. The maximum Gasteiger partial charge on any atom is 0.274 e. The van der Waals surface area contributed by atoms with Gasteiger partial charge < -0.3 is 15.7 Å². The molecule has 0 aliphatic heterocycles. The first-order valence-electron chi connectivity index (χ1n) is 9.33. The first kappa shape index (κ1) is 19.7. The van der Waals surface area contributed by atoms with Crippen LogP contribution in [0, 0.1) is 13.8 Å². The minimum Gasteiger partial charge on any atom is -0.395 e. The topological polar surface area (TPSA) is 74.2 Å². The van der Waals surface area contributed by atoms with Gasteiger partial charge in [-0.25, -0.2) is 0 Å². The van der Waals surface area contributed by atoms with Gasteiger partial charge in [0.1, 0.15) is 5.69 Å². The molecular formula is C23H25N3O2. The number of nitrogens with zero attached hydrogens (tertiary/aromatic N) is 1. The Morgan fingerprint density at radius 3 is 2.57 bits per heavy atom. The number of hydrogen-bond donors (Lipinski definition) is 3. The fraction of sp³-hybridized carbons (Fsp3) is 0.217. The van der Waals surface area contributed by atoms with Gasteiger partial charge in [-0.3, -0.25) is 9.78 Å². The molecule has 0 aliphatic carbocycles. The number of aliphatic hydroxyl groups is 1. The Bertz CT molecular complexity index is 955. The summed E-state index contributed by atoms with van der Waals surface area (Å²) in [6.07, 6.45) is 1.71. The molecule has 3 aromatic rings. The highest BCUT2D eigenvalue weighted by Gasteiger charge is 2.13. The fourth-order valence-electron chi connectivity index (χ4n) is 3.08. The van der Waals surface area contributed by atoms with Crippen LogP contribution in [0.2, 0.25) is 0 Å². The molecule has 0 aliphatic rings. The highest BCUT2D eigenvalue weighted by atomic mass is 16.3. The molecule has 0 unspecified atom stereocenters. The quantitative estimate of drug-likeness (QED) is 0.551. The summed E-state index contributed by atoms with van der Waals surface area (Å²) in [6.45, 7) is 5.19. The van der Waals surface area contributed by atoms with Crippen molar-refractivity contribution in [2.24, 2.45) is 0 Å². The number of nitrogens with one attached hydrogen (secondary N) is 2. The van der Waals surface area contributed by atoms with E-state index in [4.69, 9.17) is 5.11 Å². The summed E-state index contributed by atoms with van der Waals surface area (Å²) in [5.74, 6) is -0.230. The lowest BCUT2D eigenvalue weighted by Gasteiger charge is -2.13. The molecule has 144 valence electrons. The standard InChI is InChI=1S/C23H25N3O2/c1-16-13-22(25-15-19(16)14-24-11-12-27)23(28)26-21-10-6-9-20(17(21)2)18-7-4-3-5-8-18/h3-10,13,15,24,27H,11-12,14H2,1-2H3,(H,26,28). The van der Waals surface area contributed by atoms with E-state index in [9.17, 15) is 4.79 Å². The fourth-order valence-corrected chi connectivity index (χ4v) is 3.08. The Hall–Kier alpha value is -3.02. The first-order valence-corrected chi connectivity index (χ1v) is 9.33. The summed E-state index contributed by atoms with van der Waals surface area (Å²) in [5, 5.41) is 15.0. The highest BCUT2D eigenvalue weighted by molar-refractivity contribution is 6.03. The summed E-state index contributed by atoms with van der Waals surface area (Å²) >= 11 is 0. The van der Waals surface area contributed by atoms with Gasteiger partial charge in [-0.2, -0.15) is 0 Å². The lowest BCUT2D eigenvalue weighted by atomic mass is 9.99. The Kier molecular flexibility index (Phi) is 6.53. The van der Waals surface area contributed by atoms with E-state index in [0.29, 0.717) is 18.8 Å². The Labute approximate surface area is 165 Å². The Morgan fingerprint density at radius 1 is 1.07 bits per heavy atom. The zero-order valence-electron chi connectivity index (χ0n) is 16.2. The number of carbonyl (C=O) groups is 1. The summed E-state index contributed by atoms with van der Waals surface area (Å²) in [7, 11) is 0. The summed E-state index contributed by atoms with van der Waals surface area (Å²) in [4.78, 5) is 17.0. The van der Waals surface area contributed by atoms with E-state index in [0.717, 1.165) is 33.5 Å². The smallest absolute Gasteiger partial charge is 0.274 e. The van der Waals surface area contributed by atoms with E-state index in [1.54, 1.807) is 12.3 Å². The van der Waals surface area contributed by atoms with Crippen molar-refractivity contribution in [1.82, 2.24) is 10.3 Å². The van der Waals surface area contributed by atoms with Gasteiger partial charge in [0, 0.05) is 25.0 Å². The lowest BCUT2D eigenvalue weighted by Crippen LogP contribution is -2.19. The van der Waals surface area contributed by atoms with Gasteiger partial charge in [-0.15, -0.1) is 0 Å². The van der Waals surface area contributed by atoms with E-state index in [-0.39, 0.29) is 12.5 Å². The van der Waals surface area contributed by atoms with E-state index >= 15 is 0 Å². The number of benzene rings is 2. The van der Waals surface area contributed by atoms with Crippen LogP contribution in [0.1, 0.15) is 27.2 Å². The van der Waals surface area contributed by atoms with Crippen molar-refractivity contribution in [3.63, 3.8) is 0 Å².